The van der Waals surface area contributed by atoms with Gasteiger partial charge in [-0.1, -0.05) is 12.1 Å². The Morgan fingerprint density at radius 2 is 2.05 bits per heavy atom. The average Bonchev–Trinajstić information content (AvgIpc) is 2.47. The molecule has 1 heterocycles. The van der Waals surface area contributed by atoms with Crippen LogP contribution >= 0.6 is 0 Å². The third kappa shape index (κ3) is 4.11. The van der Waals surface area contributed by atoms with Gasteiger partial charge in [-0.15, -0.1) is 0 Å². The molecule has 1 aromatic carbocycles. The Balaban J connectivity index is 2.02. The van der Waals surface area contributed by atoms with Crippen molar-refractivity contribution >= 4 is 17.3 Å². The lowest BCUT2D eigenvalue weighted by Gasteiger charge is -2.07. The predicted octanol–water partition coefficient (Wildman–Crippen LogP) is 2.07. The molecule has 0 bridgehead atoms. The SMILES string of the molecule is NNc1cc([N+](=O)[O-])cc(NCCc2cccc(F)c2)n1. The number of anilines is 2. The first kappa shape index (κ1) is 14.7. The molecule has 2 aromatic rings. The lowest BCUT2D eigenvalue weighted by molar-refractivity contribution is -0.384. The molecule has 0 fully saturated rings. The van der Waals surface area contributed by atoms with E-state index >= 15 is 0 Å². The number of nitrogens with one attached hydrogen (secondary N) is 2. The molecule has 110 valence electrons. The monoisotopic (exact) mass is 291 g/mol. The van der Waals surface area contributed by atoms with E-state index < -0.39 is 4.92 Å². The number of nitrogens with zero attached hydrogens (tertiary/aromatic N) is 2. The molecule has 0 spiro atoms. The molecule has 7 nitrogen and oxygen atoms in total. The zero-order valence-electron chi connectivity index (χ0n) is 11.0. The molecule has 0 amide bonds. The van der Waals surface area contributed by atoms with E-state index in [2.05, 4.69) is 15.7 Å². The molecule has 21 heavy (non-hydrogen) atoms. The number of rotatable bonds is 6. The smallest absolute Gasteiger partial charge is 0.276 e. The molecule has 0 saturated carbocycles. The molecule has 0 radical (unpaired) electrons. The van der Waals surface area contributed by atoms with Crippen LogP contribution in [0.3, 0.4) is 0 Å². The van der Waals surface area contributed by atoms with Crippen LogP contribution in [0.5, 0.6) is 0 Å². The van der Waals surface area contributed by atoms with Crippen molar-refractivity contribution in [3.05, 3.63) is 57.9 Å². The van der Waals surface area contributed by atoms with Gasteiger partial charge in [0.15, 0.2) is 0 Å². The zero-order valence-corrected chi connectivity index (χ0v) is 11.0. The number of halogens is 1. The van der Waals surface area contributed by atoms with Gasteiger partial charge in [-0.2, -0.15) is 0 Å². The van der Waals surface area contributed by atoms with E-state index in [1.54, 1.807) is 12.1 Å². The van der Waals surface area contributed by atoms with E-state index in [0.29, 0.717) is 18.8 Å². The summed E-state index contributed by atoms with van der Waals surface area (Å²) in [5, 5.41) is 13.7. The summed E-state index contributed by atoms with van der Waals surface area (Å²) in [5.74, 6) is 5.44. The van der Waals surface area contributed by atoms with Gasteiger partial charge in [-0.05, 0) is 24.1 Å². The van der Waals surface area contributed by atoms with Gasteiger partial charge < -0.3 is 10.7 Å². The molecule has 0 atom stereocenters. The van der Waals surface area contributed by atoms with Crippen molar-refractivity contribution in [1.82, 2.24) is 4.98 Å². The summed E-state index contributed by atoms with van der Waals surface area (Å²) in [6.07, 6.45) is 0.563. The quantitative estimate of drug-likeness (QED) is 0.427. The van der Waals surface area contributed by atoms with Gasteiger partial charge in [-0.25, -0.2) is 15.2 Å². The van der Waals surface area contributed by atoms with Crippen LogP contribution in [0.2, 0.25) is 0 Å². The highest BCUT2D eigenvalue weighted by atomic mass is 19.1. The van der Waals surface area contributed by atoms with Crippen LogP contribution < -0.4 is 16.6 Å². The van der Waals surface area contributed by atoms with E-state index in [0.717, 1.165) is 5.56 Å². The molecule has 2 rings (SSSR count). The Bertz CT molecular complexity index is 650. The van der Waals surface area contributed by atoms with Gasteiger partial charge in [0, 0.05) is 6.54 Å². The summed E-state index contributed by atoms with van der Waals surface area (Å²) < 4.78 is 13.0. The second-order valence-corrected chi connectivity index (χ2v) is 4.30. The second-order valence-electron chi connectivity index (χ2n) is 4.30. The summed E-state index contributed by atoms with van der Waals surface area (Å²) >= 11 is 0. The zero-order chi connectivity index (χ0) is 15.2. The largest absolute Gasteiger partial charge is 0.369 e. The van der Waals surface area contributed by atoms with E-state index in [1.807, 2.05) is 0 Å². The highest BCUT2D eigenvalue weighted by molar-refractivity contribution is 5.54. The van der Waals surface area contributed by atoms with Crippen molar-refractivity contribution in [2.75, 3.05) is 17.3 Å². The lowest BCUT2D eigenvalue weighted by Crippen LogP contribution is -2.12. The minimum absolute atomic E-state index is 0.119. The summed E-state index contributed by atoms with van der Waals surface area (Å²) in [7, 11) is 0. The number of pyridine rings is 1. The van der Waals surface area contributed by atoms with Gasteiger partial charge >= 0.3 is 0 Å². The minimum atomic E-state index is -0.528. The van der Waals surface area contributed by atoms with Gasteiger partial charge in [0.05, 0.1) is 17.1 Å². The minimum Gasteiger partial charge on any atom is -0.369 e. The molecule has 8 heteroatoms. The Hall–Kier alpha value is -2.74. The van der Waals surface area contributed by atoms with Crippen LogP contribution in [0.1, 0.15) is 5.56 Å². The number of hydrogen-bond donors (Lipinski definition) is 3. The first-order chi connectivity index (χ1) is 10.1. The number of benzene rings is 1. The van der Waals surface area contributed by atoms with Crippen LogP contribution in [0, 0.1) is 15.9 Å². The van der Waals surface area contributed by atoms with Crippen molar-refractivity contribution in [2.24, 2.45) is 5.84 Å². The van der Waals surface area contributed by atoms with E-state index in [9.17, 15) is 14.5 Å². The van der Waals surface area contributed by atoms with Crippen molar-refractivity contribution in [2.45, 2.75) is 6.42 Å². The standard InChI is InChI=1S/C13H14FN5O2/c14-10-3-1-2-9(6-10)4-5-16-12-7-11(19(20)21)8-13(17-12)18-15/h1-3,6-8H,4-5,15H2,(H2,16,17,18). The van der Waals surface area contributed by atoms with Crippen molar-refractivity contribution in [3.63, 3.8) is 0 Å². The summed E-state index contributed by atoms with van der Waals surface area (Å²) in [4.78, 5) is 14.3. The fourth-order valence-corrected chi connectivity index (χ4v) is 1.81. The maximum Gasteiger partial charge on any atom is 0.276 e. The normalized spacial score (nSPS) is 10.2. The highest BCUT2D eigenvalue weighted by Gasteiger charge is 2.10. The van der Waals surface area contributed by atoms with Gasteiger partial charge in [0.2, 0.25) is 0 Å². The maximum atomic E-state index is 13.0. The van der Waals surface area contributed by atoms with Crippen LogP contribution in [0.4, 0.5) is 21.7 Å². The van der Waals surface area contributed by atoms with Crippen molar-refractivity contribution in [1.29, 1.82) is 0 Å². The first-order valence-electron chi connectivity index (χ1n) is 6.20. The van der Waals surface area contributed by atoms with Crippen LogP contribution in [0.15, 0.2) is 36.4 Å². The Morgan fingerprint density at radius 1 is 1.29 bits per heavy atom. The average molecular weight is 291 g/mol. The molecular weight excluding hydrogens is 277 g/mol. The number of nitro groups is 1. The fourth-order valence-electron chi connectivity index (χ4n) is 1.81. The molecule has 1 aromatic heterocycles. The van der Waals surface area contributed by atoms with E-state index in [4.69, 9.17) is 5.84 Å². The number of nitrogens with two attached hydrogens (primary N) is 1. The summed E-state index contributed by atoms with van der Waals surface area (Å²) in [6, 6.07) is 8.79. The first-order valence-corrected chi connectivity index (χ1v) is 6.20. The van der Waals surface area contributed by atoms with Crippen LogP contribution in [-0.4, -0.2) is 16.5 Å². The molecule has 4 N–H and O–H groups in total. The molecule has 0 aliphatic carbocycles. The van der Waals surface area contributed by atoms with E-state index in [1.165, 1.54) is 24.3 Å². The number of hydrogen-bond acceptors (Lipinski definition) is 6. The Labute approximate surface area is 120 Å². The van der Waals surface area contributed by atoms with Crippen molar-refractivity contribution in [3.8, 4) is 0 Å². The lowest BCUT2D eigenvalue weighted by atomic mass is 10.1. The summed E-state index contributed by atoms with van der Waals surface area (Å²) in [5.41, 5.74) is 2.98. The number of hydrazine groups is 1. The number of aromatic nitrogens is 1. The fraction of sp³-hybridized carbons (Fsp3) is 0.154. The maximum absolute atomic E-state index is 13.0. The van der Waals surface area contributed by atoms with Crippen LogP contribution in [-0.2, 0) is 6.42 Å². The number of nitrogen functional groups attached to an aromatic ring is 1. The second kappa shape index (κ2) is 6.62. The topological polar surface area (TPSA) is 106 Å². The molecule has 0 unspecified atom stereocenters. The van der Waals surface area contributed by atoms with Gasteiger partial charge in [0.1, 0.15) is 17.5 Å². The highest BCUT2D eigenvalue weighted by Crippen LogP contribution is 2.20. The molecule has 0 aliphatic heterocycles. The van der Waals surface area contributed by atoms with Crippen LogP contribution in [0.25, 0.3) is 0 Å². The van der Waals surface area contributed by atoms with Gasteiger partial charge in [-0.3, -0.25) is 10.1 Å². The van der Waals surface area contributed by atoms with E-state index in [-0.39, 0.29) is 17.3 Å². The molecular formula is C13H14FN5O2. The summed E-state index contributed by atoms with van der Waals surface area (Å²) in [6.45, 7) is 0.460. The Morgan fingerprint density at radius 3 is 2.71 bits per heavy atom. The molecule has 0 saturated heterocycles. The van der Waals surface area contributed by atoms with Crippen molar-refractivity contribution < 1.29 is 9.31 Å². The predicted molar refractivity (Wildman–Crippen MR) is 77.3 cm³/mol. The van der Waals surface area contributed by atoms with Gasteiger partial charge in [0.25, 0.3) is 5.69 Å². The third-order valence-corrected chi connectivity index (χ3v) is 2.78. The third-order valence-electron chi connectivity index (χ3n) is 2.78. The Kier molecular flexibility index (Phi) is 4.62. The molecule has 0 aliphatic rings.